The normalized spacial score (nSPS) is 21.7. The molecule has 1 heterocycles. The second kappa shape index (κ2) is 6.09. The lowest BCUT2D eigenvalue weighted by Gasteiger charge is -2.39. The van der Waals surface area contributed by atoms with Crippen molar-refractivity contribution in [1.82, 2.24) is 4.31 Å². The molecule has 0 spiro atoms. The van der Waals surface area contributed by atoms with Crippen LogP contribution in [0.4, 0.5) is 0 Å². The van der Waals surface area contributed by atoms with Crippen LogP contribution in [0.15, 0.2) is 46.4 Å². The Hall–Kier alpha value is -0.260. The topological polar surface area (TPSA) is 37.4 Å². The van der Waals surface area contributed by atoms with Gasteiger partial charge in [0.2, 0.25) is 13.8 Å². The maximum Gasteiger partial charge on any atom is 0.243 e. The van der Waals surface area contributed by atoms with E-state index < -0.39 is 19.9 Å². The molecule has 0 saturated heterocycles. The van der Waals surface area contributed by atoms with Gasteiger partial charge in [-0.2, -0.15) is 4.31 Å². The smallest absolute Gasteiger partial charge is 0.207 e. The molecule has 0 amide bonds. The second-order valence-electron chi connectivity index (χ2n) is 5.19. The Morgan fingerprint density at radius 3 is 2.19 bits per heavy atom. The Bertz CT molecular complexity index is 651. The minimum absolute atomic E-state index is 0.205. The molecule has 1 unspecified atom stereocenters. The molecule has 116 valence electrons. The third-order valence-corrected chi connectivity index (χ3v) is 6.32. The monoisotopic (exact) mass is 367 g/mol. The molecule has 0 bridgehead atoms. The summed E-state index contributed by atoms with van der Waals surface area (Å²) in [5.41, 5.74) is 2.05. The minimum atomic E-state index is -3.70. The third kappa shape index (κ3) is 3.57. The van der Waals surface area contributed by atoms with Gasteiger partial charge in [0.15, 0.2) is 0 Å². The van der Waals surface area contributed by atoms with Gasteiger partial charge in [0.25, 0.3) is 0 Å². The SMILES string of the molecule is CC1=C(C)CN(S(=O)(=O)c2ccccc2)C(C(Cl)(Cl)Cl)C1. The van der Waals surface area contributed by atoms with Crippen molar-refractivity contribution < 1.29 is 8.42 Å². The highest BCUT2D eigenvalue weighted by atomic mass is 35.6. The van der Waals surface area contributed by atoms with Crippen LogP contribution in [0, 0.1) is 0 Å². The zero-order valence-electron chi connectivity index (χ0n) is 11.7. The molecule has 1 aliphatic heterocycles. The Labute approximate surface area is 140 Å². The zero-order valence-corrected chi connectivity index (χ0v) is 14.8. The maximum atomic E-state index is 12.8. The molecule has 3 nitrogen and oxygen atoms in total. The summed E-state index contributed by atoms with van der Waals surface area (Å²) in [5, 5.41) is 0. The highest BCUT2D eigenvalue weighted by molar-refractivity contribution is 7.89. The third-order valence-electron chi connectivity index (χ3n) is 3.70. The fourth-order valence-corrected chi connectivity index (χ4v) is 4.77. The number of sulfonamides is 1. The first kappa shape index (κ1) is 17.1. The van der Waals surface area contributed by atoms with Gasteiger partial charge in [-0.15, -0.1) is 0 Å². The van der Waals surface area contributed by atoms with E-state index in [1.165, 1.54) is 4.31 Å². The van der Waals surface area contributed by atoms with Crippen LogP contribution >= 0.6 is 34.8 Å². The van der Waals surface area contributed by atoms with Crippen molar-refractivity contribution in [3.8, 4) is 0 Å². The van der Waals surface area contributed by atoms with Gasteiger partial charge in [0, 0.05) is 6.54 Å². The molecule has 1 aromatic carbocycles. The zero-order chi connectivity index (χ0) is 15.8. The number of hydrogen-bond acceptors (Lipinski definition) is 2. The molecular formula is C14H16Cl3NO2S. The molecule has 0 saturated carbocycles. The van der Waals surface area contributed by atoms with Crippen molar-refractivity contribution in [2.75, 3.05) is 6.54 Å². The van der Waals surface area contributed by atoms with Gasteiger partial charge in [-0.3, -0.25) is 0 Å². The van der Waals surface area contributed by atoms with E-state index in [-0.39, 0.29) is 11.4 Å². The van der Waals surface area contributed by atoms with Gasteiger partial charge in [0.05, 0.1) is 10.9 Å². The number of alkyl halides is 3. The lowest BCUT2D eigenvalue weighted by molar-refractivity contribution is 0.319. The van der Waals surface area contributed by atoms with E-state index in [1.807, 2.05) is 13.8 Å². The quantitative estimate of drug-likeness (QED) is 0.581. The molecule has 7 heteroatoms. The number of benzene rings is 1. The fraction of sp³-hybridized carbons (Fsp3) is 0.429. The molecule has 0 N–H and O–H groups in total. The van der Waals surface area contributed by atoms with E-state index in [2.05, 4.69) is 0 Å². The summed E-state index contributed by atoms with van der Waals surface area (Å²) >= 11 is 18.0. The lowest BCUT2D eigenvalue weighted by Crippen LogP contribution is -2.50. The molecule has 0 fully saturated rings. The number of rotatable bonds is 2. The highest BCUT2D eigenvalue weighted by Crippen LogP contribution is 2.41. The first-order valence-electron chi connectivity index (χ1n) is 6.43. The summed E-state index contributed by atoms with van der Waals surface area (Å²) in [7, 11) is -3.70. The molecule has 1 aliphatic rings. The average Bonchev–Trinajstić information content (AvgIpc) is 2.41. The first-order valence-corrected chi connectivity index (χ1v) is 9.00. The Kier molecular flexibility index (Phi) is 4.96. The minimum Gasteiger partial charge on any atom is -0.207 e. The number of halogens is 3. The predicted molar refractivity (Wildman–Crippen MR) is 87.4 cm³/mol. The summed E-state index contributed by atoms with van der Waals surface area (Å²) in [5.74, 6) is 0. The summed E-state index contributed by atoms with van der Waals surface area (Å²) in [6.45, 7) is 4.07. The van der Waals surface area contributed by atoms with Gasteiger partial charge in [-0.05, 0) is 32.4 Å². The van der Waals surface area contributed by atoms with Crippen LogP contribution in [0.25, 0.3) is 0 Å². The fourth-order valence-electron chi connectivity index (χ4n) is 2.30. The van der Waals surface area contributed by atoms with E-state index in [9.17, 15) is 8.42 Å². The first-order chi connectivity index (χ1) is 9.64. The van der Waals surface area contributed by atoms with Crippen molar-refractivity contribution in [2.24, 2.45) is 0 Å². The molecule has 0 radical (unpaired) electrons. The largest absolute Gasteiger partial charge is 0.243 e. The number of hydrogen-bond donors (Lipinski definition) is 0. The standard InChI is InChI=1S/C14H16Cl3NO2S/c1-10-8-13(14(15,16)17)18(9-11(10)2)21(19,20)12-6-4-3-5-7-12/h3-7,13H,8-9H2,1-2H3. The van der Waals surface area contributed by atoms with Gasteiger partial charge < -0.3 is 0 Å². The molecule has 1 aromatic rings. The van der Waals surface area contributed by atoms with Crippen molar-refractivity contribution in [1.29, 1.82) is 0 Å². The van der Waals surface area contributed by atoms with E-state index >= 15 is 0 Å². The van der Waals surface area contributed by atoms with Crippen LogP contribution in [-0.2, 0) is 10.0 Å². The van der Waals surface area contributed by atoms with Crippen LogP contribution in [0.2, 0.25) is 0 Å². The van der Waals surface area contributed by atoms with Gasteiger partial charge in [0.1, 0.15) is 0 Å². The van der Waals surface area contributed by atoms with Crippen molar-refractivity contribution in [3.63, 3.8) is 0 Å². The Morgan fingerprint density at radius 1 is 1.10 bits per heavy atom. The van der Waals surface area contributed by atoms with Gasteiger partial charge >= 0.3 is 0 Å². The van der Waals surface area contributed by atoms with E-state index in [1.54, 1.807) is 30.3 Å². The summed E-state index contributed by atoms with van der Waals surface area (Å²) in [4.78, 5) is 0.205. The van der Waals surface area contributed by atoms with Crippen LogP contribution in [0.1, 0.15) is 20.3 Å². The number of nitrogens with zero attached hydrogens (tertiary/aromatic N) is 1. The van der Waals surface area contributed by atoms with Crippen LogP contribution in [0.5, 0.6) is 0 Å². The van der Waals surface area contributed by atoms with Crippen LogP contribution < -0.4 is 0 Å². The van der Waals surface area contributed by atoms with Gasteiger partial charge in [-0.25, -0.2) is 8.42 Å². The molecular weight excluding hydrogens is 353 g/mol. The van der Waals surface area contributed by atoms with E-state index in [4.69, 9.17) is 34.8 Å². The average molecular weight is 369 g/mol. The molecule has 21 heavy (non-hydrogen) atoms. The van der Waals surface area contributed by atoms with Crippen LogP contribution in [0.3, 0.4) is 0 Å². The highest BCUT2D eigenvalue weighted by Gasteiger charge is 2.45. The molecule has 2 rings (SSSR count). The van der Waals surface area contributed by atoms with Gasteiger partial charge in [-0.1, -0.05) is 64.1 Å². The Balaban J connectivity index is 2.49. The summed E-state index contributed by atoms with van der Waals surface area (Å²) < 4.78 is 25.3. The van der Waals surface area contributed by atoms with Crippen molar-refractivity contribution in [3.05, 3.63) is 41.5 Å². The lowest BCUT2D eigenvalue weighted by atomic mass is 9.99. The maximum absolute atomic E-state index is 12.8. The van der Waals surface area contributed by atoms with E-state index in [0.29, 0.717) is 6.42 Å². The second-order valence-corrected chi connectivity index (χ2v) is 9.45. The molecule has 0 aromatic heterocycles. The summed E-state index contributed by atoms with van der Waals surface area (Å²) in [6, 6.07) is 7.49. The molecule has 1 atom stereocenters. The Morgan fingerprint density at radius 2 is 1.67 bits per heavy atom. The summed E-state index contributed by atoms with van der Waals surface area (Å²) in [6.07, 6.45) is 0.411. The van der Waals surface area contributed by atoms with Crippen LogP contribution in [-0.4, -0.2) is 29.1 Å². The van der Waals surface area contributed by atoms with E-state index in [0.717, 1.165) is 11.1 Å². The van der Waals surface area contributed by atoms with Crippen molar-refractivity contribution >= 4 is 44.8 Å². The van der Waals surface area contributed by atoms with Crippen molar-refractivity contribution in [2.45, 2.75) is 35.0 Å². The molecule has 0 aliphatic carbocycles. The predicted octanol–water partition coefficient (Wildman–Crippen LogP) is 4.16.